The van der Waals surface area contributed by atoms with Gasteiger partial charge in [-0.25, -0.2) is 17.7 Å². The standard InChI is InChI=1S/C18H24N4O4S3/c1-10-6-13(29(25,26)22(4)5)7-14(11(10)2)21-17(24)9-27-18-20-12(3)15(28-18)8-16(19)23/h6-7H,8-9H2,1-5H3,(H2,19,23)(H,21,24). The molecule has 8 nitrogen and oxygen atoms in total. The number of sulfonamides is 1. The molecule has 0 atom stereocenters. The van der Waals surface area contributed by atoms with Gasteiger partial charge in [-0.3, -0.25) is 9.59 Å². The number of thioether (sulfide) groups is 1. The first-order valence-corrected chi connectivity index (χ1v) is 11.9. The molecule has 1 heterocycles. The van der Waals surface area contributed by atoms with E-state index >= 15 is 0 Å². The molecule has 0 aliphatic rings. The Labute approximate surface area is 178 Å². The zero-order chi connectivity index (χ0) is 21.9. The number of hydrogen-bond acceptors (Lipinski definition) is 7. The summed E-state index contributed by atoms with van der Waals surface area (Å²) in [5, 5.41) is 2.79. The maximum atomic E-state index is 12.4. The number of rotatable bonds is 8. The highest BCUT2D eigenvalue weighted by molar-refractivity contribution is 8.01. The molecule has 2 rings (SSSR count). The quantitative estimate of drug-likeness (QED) is 0.587. The summed E-state index contributed by atoms with van der Waals surface area (Å²) in [7, 11) is -0.690. The first kappa shape index (κ1) is 23.3. The van der Waals surface area contributed by atoms with Crippen LogP contribution >= 0.6 is 23.1 Å². The van der Waals surface area contributed by atoms with Crippen molar-refractivity contribution in [1.29, 1.82) is 0 Å². The van der Waals surface area contributed by atoms with E-state index in [1.54, 1.807) is 19.9 Å². The number of hydrogen-bond donors (Lipinski definition) is 2. The van der Waals surface area contributed by atoms with E-state index in [2.05, 4.69) is 10.3 Å². The Balaban J connectivity index is 2.13. The van der Waals surface area contributed by atoms with Gasteiger partial charge in [0.1, 0.15) is 0 Å². The molecule has 0 aliphatic carbocycles. The Bertz CT molecular complexity index is 1050. The third kappa shape index (κ3) is 5.78. The Hall–Kier alpha value is -1.95. The van der Waals surface area contributed by atoms with Crippen LogP contribution in [-0.4, -0.2) is 49.4 Å². The number of carbonyl (C=O) groups is 2. The highest BCUT2D eigenvalue weighted by Crippen LogP contribution is 2.29. The summed E-state index contributed by atoms with van der Waals surface area (Å²) in [4.78, 5) is 28.8. The number of aromatic nitrogens is 1. The molecule has 0 unspecified atom stereocenters. The van der Waals surface area contributed by atoms with Crippen LogP contribution in [0.25, 0.3) is 0 Å². The second-order valence-electron chi connectivity index (χ2n) is 6.67. The number of benzene rings is 1. The van der Waals surface area contributed by atoms with Gasteiger partial charge in [0.15, 0.2) is 4.34 Å². The van der Waals surface area contributed by atoms with Crippen molar-refractivity contribution < 1.29 is 18.0 Å². The van der Waals surface area contributed by atoms with Gasteiger partial charge < -0.3 is 11.1 Å². The predicted molar refractivity (Wildman–Crippen MR) is 116 cm³/mol. The molecule has 1 aromatic carbocycles. The van der Waals surface area contributed by atoms with Crippen LogP contribution in [0, 0.1) is 20.8 Å². The summed E-state index contributed by atoms with van der Waals surface area (Å²) < 4.78 is 26.7. The molecule has 0 saturated heterocycles. The molecule has 0 fully saturated rings. The third-order valence-corrected chi connectivity index (χ3v) is 8.32. The average molecular weight is 457 g/mol. The van der Waals surface area contributed by atoms with Gasteiger partial charge in [0, 0.05) is 24.7 Å². The summed E-state index contributed by atoms with van der Waals surface area (Å²) in [6.07, 6.45) is 0.127. The minimum absolute atomic E-state index is 0.103. The Morgan fingerprint density at radius 1 is 1.24 bits per heavy atom. The van der Waals surface area contributed by atoms with Gasteiger partial charge in [-0.2, -0.15) is 0 Å². The van der Waals surface area contributed by atoms with Crippen LogP contribution < -0.4 is 11.1 Å². The molecule has 0 saturated carbocycles. The van der Waals surface area contributed by atoms with Crippen LogP contribution in [-0.2, 0) is 26.0 Å². The minimum Gasteiger partial charge on any atom is -0.369 e. The van der Waals surface area contributed by atoms with Gasteiger partial charge >= 0.3 is 0 Å². The van der Waals surface area contributed by atoms with Crippen molar-refractivity contribution in [1.82, 2.24) is 9.29 Å². The van der Waals surface area contributed by atoms with Crippen LogP contribution in [0.2, 0.25) is 0 Å². The van der Waals surface area contributed by atoms with Crippen molar-refractivity contribution in [2.75, 3.05) is 25.2 Å². The Kier molecular flexibility index (Phi) is 7.44. The van der Waals surface area contributed by atoms with Crippen molar-refractivity contribution in [2.45, 2.75) is 36.4 Å². The maximum Gasteiger partial charge on any atom is 0.242 e. The lowest BCUT2D eigenvalue weighted by Crippen LogP contribution is -2.23. The van der Waals surface area contributed by atoms with Crippen molar-refractivity contribution in [3.8, 4) is 0 Å². The first-order valence-electron chi connectivity index (χ1n) is 8.63. The van der Waals surface area contributed by atoms with Crippen LogP contribution in [0.3, 0.4) is 0 Å². The average Bonchev–Trinajstić information content (AvgIpc) is 2.95. The molecule has 2 amide bonds. The van der Waals surface area contributed by atoms with Crippen molar-refractivity contribution in [3.63, 3.8) is 0 Å². The second kappa shape index (κ2) is 9.24. The second-order valence-corrected chi connectivity index (χ2v) is 11.1. The molecule has 1 aromatic heterocycles. The maximum absolute atomic E-state index is 12.4. The van der Waals surface area contributed by atoms with E-state index in [0.29, 0.717) is 10.0 Å². The summed E-state index contributed by atoms with van der Waals surface area (Å²) in [5.41, 5.74) is 7.97. The SMILES string of the molecule is Cc1cc(S(=O)(=O)N(C)C)cc(NC(=O)CSc2nc(C)c(CC(N)=O)s2)c1C. The lowest BCUT2D eigenvalue weighted by Gasteiger charge is -2.16. The van der Waals surface area contributed by atoms with Crippen molar-refractivity contribution >= 4 is 50.6 Å². The van der Waals surface area contributed by atoms with Crippen molar-refractivity contribution in [3.05, 3.63) is 33.8 Å². The van der Waals surface area contributed by atoms with E-state index in [1.807, 2.05) is 6.92 Å². The monoisotopic (exact) mass is 456 g/mol. The molecule has 0 radical (unpaired) electrons. The number of primary amides is 1. The van der Waals surface area contributed by atoms with E-state index < -0.39 is 15.9 Å². The lowest BCUT2D eigenvalue weighted by atomic mass is 10.1. The van der Waals surface area contributed by atoms with E-state index in [1.165, 1.54) is 43.3 Å². The van der Waals surface area contributed by atoms with Crippen LogP contribution in [0.4, 0.5) is 5.69 Å². The number of anilines is 1. The smallest absolute Gasteiger partial charge is 0.242 e. The number of carbonyl (C=O) groups excluding carboxylic acids is 2. The van der Waals surface area contributed by atoms with E-state index in [4.69, 9.17) is 5.73 Å². The number of nitrogens with zero attached hydrogens (tertiary/aromatic N) is 2. The van der Waals surface area contributed by atoms with Gasteiger partial charge in [0.2, 0.25) is 21.8 Å². The van der Waals surface area contributed by atoms with Crippen molar-refractivity contribution in [2.24, 2.45) is 5.73 Å². The zero-order valence-electron chi connectivity index (χ0n) is 16.9. The van der Waals surface area contributed by atoms with E-state index in [-0.39, 0.29) is 23.0 Å². The normalized spacial score (nSPS) is 11.7. The van der Waals surface area contributed by atoms with Crippen LogP contribution in [0.5, 0.6) is 0 Å². The number of nitrogens with two attached hydrogens (primary N) is 1. The molecule has 158 valence electrons. The number of amides is 2. The summed E-state index contributed by atoms with van der Waals surface area (Å²) >= 11 is 2.59. The zero-order valence-corrected chi connectivity index (χ0v) is 19.3. The number of nitrogens with one attached hydrogen (secondary N) is 1. The summed E-state index contributed by atoms with van der Waals surface area (Å²) in [5.74, 6) is -0.600. The van der Waals surface area contributed by atoms with Gasteiger partial charge in [-0.05, 0) is 44.0 Å². The van der Waals surface area contributed by atoms with Crippen LogP contribution in [0.15, 0.2) is 21.4 Å². The highest BCUT2D eigenvalue weighted by Gasteiger charge is 2.20. The largest absolute Gasteiger partial charge is 0.369 e. The molecule has 0 aliphatic heterocycles. The van der Waals surface area contributed by atoms with E-state index in [0.717, 1.165) is 26.0 Å². The fourth-order valence-electron chi connectivity index (χ4n) is 2.41. The minimum atomic E-state index is -3.61. The molecule has 0 spiro atoms. The summed E-state index contributed by atoms with van der Waals surface area (Å²) in [6, 6.07) is 3.06. The number of thiazole rings is 1. The van der Waals surface area contributed by atoms with Crippen LogP contribution in [0.1, 0.15) is 21.7 Å². The van der Waals surface area contributed by atoms with Gasteiger partial charge in [-0.1, -0.05) is 11.8 Å². The molecule has 29 heavy (non-hydrogen) atoms. The van der Waals surface area contributed by atoms with Gasteiger partial charge in [0.25, 0.3) is 0 Å². The lowest BCUT2D eigenvalue weighted by molar-refractivity contribution is -0.117. The number of aryl methyl sites for hydroxylation is 2. The third-order valence-electron chi connectivity index (χ3n) is 4.23. The fraction of sp³-hybridized carbons (Fsp3) is 0.389. The molecule has 0 bridgehead atoms. The topological polar surface area (TPSA) is 122 Å². The first-order chi connectivity index (χ1) is 13.4. The van der Waals surface area contributed by atoms with E-state index in [9.17, 15) is 18.0 Å². The fourth-order valence-corrected chi connectivity index (χ4v) is 5.47. The predicted octanol–water partition coefficient (Wildman–Crippen LogP) is 2.08. The Morgan fingerprint density at radius 2 is 1.90 bits per heavy atom. The molecular weight excluding hydrogens is 432 g/mol. The molecule has 3 N–H and O–H groups in total. The summed E-state index contributed by atoms with van der Waals surface area (Å²) in [6.45, 7) is 5.42. The Morgan fingerprint density at radius 3 is 2.48 bits per heavy atom. The molecule has 11 heteroatoms. The van der Waals surface area contributed by atoms with Gasteiger partial charge in [0.05, 0.1) is 22.8 Å². The van der Waals surface area contributed by atoms with Gasteiger partial charge in [-0.15, -0.1) is 11.3 Å². The molecular formula is C18H24N4O4S3. The molecule has 2 aromatic rings. The highest BCUT2D eigenvalue weighted by atomic mass is 32.2.